The first kappa shape index (κ1) is 28.7. The van der Waals surface area contributed by atoms with Crippen LogP contribution in [0.15, 0.2) is 0 Å². The Balaban J connectivity index is 2.98. The zero-order valence-corrected chi connectivity index (χ0v) is 20.3. The number of thiocarbonyl (C=S) groups is 1. The summed E-state index contributed by atoms with van der Waals surface area (Å²) < 4.78 is 37.8. The van der Waals surface area contributed by atoms with Crippen LogP contribution in [0.2, 0.25) is 0 Å². The predicted molar refractivity (Wildman–Crippen MR) is 116 cm³/mol. The SMILES string of the molecule is CC(=O)OC[C@H]1O[C@@H](OCCCCCOC(C)=S)[C@H](OC(C)=O)[C@@H](OC(C)=O)[C@H]1OC(C)=O. The van der Waals surface area contributed by atoms with Gasteiger partial charge in [0.05, 0.1) is 6.61 Å². The molecule has 0 aromatic carbocycles. The Hall–Kier alpha value is -2.31. The summed E-state index contributed by atoms with van der Waals surface area (Å²) in [7, 11) is 0. The minimum Gasteiger partial charge on any atom is -0.487 e. The van der Waals surface area contributed by atoms with Crippen LogP contribution >= 0.6 is 12.2 Å². The first-order chi connectivity index (χ1) is 15.5. The van der Waals surface area contributed by atoms with Crippen molar-refractivity contribution in [1.29, 1.82) is 0 Å². The maximum absolute atomic E-state index is 11.8. The van der Waals surface area contributed by atoms with Crippen LogP contribution in [-0.2, 0) is 52.3 Å². The lowest BCUT2D eigenvalue weighted by Crippen LogP contribution is -2.63. The molecule has 0 amide bonds. The van der Waals surface area contributed by atoms with E-state index in [1.165, 1.54) is 13.8 Å². The molecule has 0 unspecified atom stereocenters. The third-order valence-corrected chi connectivity index (χ3v) is 4.44. The van der Waals surface area contributed by atoms with Gasteiger partial charge in [0.25, 0.3) is 0 Å². The van der Waals surface area contributed by atoms with Crippen molar-refractivity contribution in [2.45, 2.75) is 84.6 Å². The lowest BCUT2D eigenvalue weighted by Gasteiger charge is -2.44. The second kappa shape index (κ2) is 14.8. The molecular formula is C21H32O11S. The molecule has 1 fully saturated rings. The Morgan fingerprint density at radius 1 is 0.697 bits per heavy atom. The van der Waals surface area contributed by atoms with Crippen LogP contribution < -0.4 is 0 Å². The minimum absolute atomic E-state index is 0.226. The van der Waals surface area contributed by atoms with Crippen LogP contribution in [0.5, 0.6) is 0 Å². The molecular weight excluding hydrogens is 460 g/mol. The average molecular weight is 493 g/mol. The van der Waals surface area contributed by atoms with E-state index in [4.69, 9.17) is 45.4 Å². The zero-order valence-electron chi connectivity index (χ0n) is 19.5. The quantitative estimate of drug-likeness (QED) is 0.170. The topological polar surface area (TPSA) is 133 Å². The molecule has 188 valence electrons. The highest BCUT2D eigenvalue weighted by molar-refractivity contribution is 7.80. The summed E-state index contributed by atoms with van der Waals surface area (Å²) in [6.07, 6.45) is -3.69. The highest BCUT2D eigenvalue weighted by Crippen LogP contribution is 2.30. The fraction of sp³-hybridized carbons (Fsp3) is 0.762. The fourth-order valence-corrected chi connectivity index (χ4v) is 3.20. The highest BCUT2D eigenvalue weighted by Gasteiger charge is 2.52. The van der Waals surface area contributed by atoms with E-state index in [0.29, 0.717) is 18.1 Å². The number of esters is 4. The van der Waals surface area contributed by atoms with Gasteiger partial charge in [-0.05, 0) is 31.5 Å². The van der Waals surface area contributed by atoms with Gasteiger partial charge in [0, 0.05) is 41.2 Å². The minimum atomic E-state index is -1.24. The van der Waals surface area contributed by atoms with Crippen molar-refractivity contribution in [2.24, 2.45) is 0 Å². The lowest BCUT2D eigenvalue weighted by atomic mass is 9.98. The second-order valence-corrected chi connectivity index (χ2v) is 7.91. The van der Waals surface area contributed by atoms with E-state index in [1.807, 2.05) is 0 Å². The number of carbonyl (C=O) groups is 4. The second-order valence-electron chi connectivity index (χ2n) is 7.34. The smallest absolute Gasteiger partial charge is 0.303 e. The van der Waals surface area contributed by atoms with Crippen LogP contribution in [0, 0.1) is 0 Å². The van der Waals surface area contributed by atoms with Crippen molar-refractivity contribution in [1.82, 2.24) is 0 Å². The first-order valence-corrected chi connectivity index (χ1v) is 11.0. The van der Waals surface area contributed by atoms with E-state index >= 15 is 0 Å². The third-order valence-electron chi connectivity index (χ3n) is 4.32. The van der Waals surface area contributed by atoms with Gasteiger partial charge < -0.3 is 33.2 Å². The zero-order chi connectivity index (χ0) is 25.0. The normalized spacial score (nSPS) is 24.3. The summed E-state index contributed by atoms with van der Waals surface area (Å²) in [5.41, 5.74) is 0. The van der Waals surface area contributed by atoms with Crippen LogP contribution in [0.3, 0.4) is 0 Å². The molecule has 0 aromatic heterocycles. The molecule has 1 heterocycles. The maximum Gasteiger partial charge on any atom is 0.303 e. The van der Waals surface area contributed by atoms with Gasteiger partial charge in [-0.25, -0.2) is 0 Å². The Labute approximate surface area is 198 Å². The number of hydrogen-bond acceptors (Lipinski definition) is 12. The standard InChI is InChI=1S/C21H32O11S/c1-12(22)28-11-17-18(29-13(2)23)19(30-14(3)24)20(31-15(4)25)21(32-17)27-10-8-6-7-9-26-16(5)33/h17-21H,6-11H2,1-5H3/t17-,18+,19+,20-,21-/m1/s1. The lowest BCUT2D eigenvalue weighted by molar-refractivity contribution is -0.308. The van der Waals surface area contributed by atoms with Crippen molar-refractivity contribution >= 4 is 41.1 Å². The molecule has 1 rings (SSSR count). The van der Waals surface area contributed by atoms with Crippen LogP contribution in [0.1, 0.15) is 53.9 Å². The monoisotopic (exact) mass is 492 g/mol. The molecule has 0 bridgehead atoms. The van der Waals surface area contributed by atoms with Gasteiger partial charge in [-0.1, -0.05) is 0 Å². The number of carbonyl (C=O) groups excluding carboxylic acids is 4. The summed E-state index contributed by atoms with van der Waals surface area (Å²) in [5, 5.41) is 0.476. The van der Waals surface area contributed by atoms with Crippen LogP contribution in [0.4, 0.5) is 0 Å². The Kier molecular flexibility index (Phi) is 12.8. The predicted octanol–water partition coefficient (Wildman–Crippen LogP) is 1.62. The molecule has 1 aliphatic rings. The van der Waals surface area contributed by atoms with Gasteiger partial charge in [0.15, 0.2) is 29.7 Å². The van der Waals surface area contributed by atoms with Crippen molar-refractivity contribution in [3.8, 4) is 0 Å². The van der Waals surface area contributed by atoms with Gasteiger partial charge in [0.2, 0.25) is 0 Å². The molecule has 12 heteroatoms. The molecule has 1 saturated heterocycles. The molecule has 1 aliphatic heterocycles. The van der Waals surface area contributed by atoms with Gasteiger partial charge in [0.1, 0.15) is 12.7 Å². The van der Waals surface area contributed by atoms with E-state index in [9.17, 15) is 19.2 Å². The number of ether oxygens (including phenoxy) is 7. The van der Waals surface area contributed by atoms with Crippen molar-refractivity contribution in [2.75, 3.05) is 19.8 Å². The van der Waals surface area contributed by atoms with E-state index in [2.05, 4.69) is 0 Å². The summed E-state index contributed by atoms with van der Waals surface area (Å²) in [5.74, 6) is -2.65. The van der Waals surface area contributed by atoms with Gasteiger partial charge >= 0.3 is 23.9 Å². The fourth-order valence-electron chi connectivity index (χ4n) is 3.12. The van der Waals surface area contributed by atoms with Crippen LogP contribution in [0.25, 0.3) is 0 Å². The van der Waals surface area contributed by atoms with Gasteiger partial charge in [-0.15, -0.1) is 0 Å². The van der Waals surface area contributed by atoms with Crippen LogP contribution in [-0.4, -0.2) is 79.5 Å². The molecule has 0 saturated carbocycles. The van der Waals surface area contributed by atoms with E-state index in [1.54, 1.807) is 6.92 Å². The summed E-state index contributed by atoms with van der Waals surface area (Å²) in [6, 6.07) is 0. The Morgan fingerprint density at radius 3 is 1.79 bits per heavy atom. The highest BCUT2D eigenvalue weighted by atomic mass is 32.1. The molecule has 0 N–H and O–H groups in total. The molecule has 5 atom stereocenters. The molecule has 0 aliphatic carbocycles. The van der Waals surface area contributed by atoms with Gasteiger partial charge in [-0.2, -0.15) is 0 Å². The molecule has 0 spiro atoms. The molecule has 11 nitrogen and oxygen atoms in total. The van der Waals surface area contributed by atoms with Gasteiger partial charge in [-0.3, -0.25) is 19.2 Å². The Morgan fingerprint density at radius 2 is 1.24 bits per heavy atom. The van der Waals surface area contributed by atoms with E-state index in [-0.39, 0.29) is 13.2 Å². The summed E-state index contributed by atoms with van der Waals surface area (Å²) in [4.78, 5) is 46.5. The van der Waals surface area contributed by atoms with E-state index < -0.39 is 54.6 Å². The first-order valence-electron chi connectivity index (χ1n) is 10.6. The van der Waals surface area contributed by atoms with Crippen molar-refractivity contribution < 1.29 is 52.3 Å². The molecule has 33 heavy (non-hydrogen) atoms. The number of unbranched alkanes of at least 4 members (excludes halogenated alkanes) is 2. The van der Waals surface area contributed by atoms with Crippen molar-refractivity contribution in [3.63, 3.8) is 0 Å². The van der Waals surface area contributed by atoms with Crippen molar-refractivity contribution in [3.05, 3.63) is 0 Å². The average Bonchev–Trinajstić information content (AvgIpc) is 2.68. The molecule has 0 radical (unpaired) electrons. The third kappa shape index (κ3) is 11.4. The largest absolute Gasteiger partial charge is 0.487 e. The number of hydrogen-bond donors (Lipinski definition) is 0. The van der Waals surface area contributed by atoms with E-state index in [0.717, 1.165) is 26.7 Å². The number of rotatable bonds is 12. The summed E-state index contributed by atoms with van der Waals surface area (Å²) >= 11 is 4.85. The maximum atomic E-state index is 11.8. The summed E-state index contributed by atoms with van der Waals surface area (Å²) in [6.45, 7) is 6.81. The molecule has 0 aromatic rings. The Bertz CT molecular complexity index is 696.